The molecule has 2 N–H and O–H groups in total. The van der Waals surface area contributed by atoms with Crippen molar-refractivity contribution in [1.82, 2.24) is 5.32 Å². The lowest BCUT2D eigenvalue weighted by Gasteiger charge is -2.29. The van der Waals surface area contributed by atoms with Gasteiger partial charge in [0.1, 0.15) is 13.2 Å². The van der Waals surface area contributed by atoms with Gasteiger partial charge in [0.15, 0.2) is 0 Å². The highest BCUT2D eigenvalue weighted by atomic mass is 31.2. The number of phosphoric acid groups is 1. The number of nitrogens with one attached hydrogen (secondary N) is 1. The predicted octanol–water partition coefficient (Wildman–Crippen LogP) is 7.38. The van der Waals surface area contributed by atoms with Crippen LogP contribution in [0.3, 0.4) is 0 Å². The number of allylic oxidation sites excluding steroid dienone is 5. The Balaban J connectivity index is 4.55. The highest BCUT2D eigenvalue weighted by molar-refractivity contribution is 7.45. The fourth-order valence-corrected chi connectivity index (χ4v) is 5.01. The van der Waals surface area contributed by atoms with Crippen molar-refractivity contribution in [2.45, 2.75) is 135 Å². The molecule has 0 spiro atoms. The van der Waals surface area contributed by atoms with Crippen LogP contribution in [-0.4, -0.2) is 68.5 Å². The van der Waals surface area contributed by atoms with Gasteiger partial charge in [0.05, 0.1) is 39.9 Å². The zero-order chi connectivity index (χ0) is 32.2. The maximum Gasteiger partial charge on any atom is 0.268 e. The SMILES string of the molecule is CCC/C=C/CC/C=C/C(O)C(COP(=O)([O-])OCC[N+](C)(C)C)NC(=O)CCCCCCC/C=C\CCCCCCC. The lowest BCUT2D eigenvalue weighted by Crippen LogP contribution is -2.45. The zero-order valence-corrected chi connectivity index (χ0v) is 29.0. The first-order valence-electron chi connectivity index (χ1n) is 16.9. The third-order valence-corrected chi connectivity index (χ3v) is 8.02. The van der Waals surface area contributed by atoms with Gasteiger partial charge >= 0.3 is 0 Å². The molecular weight excluding hydrogens is 563 g/mol. The number of hydrogen-bond acceptors (Lipinski definition) is 6. The van der Waals surface area contributed by atoms with Gasteiger partial charge in [0.25, 0.3) is 7.82 Å². The first kappa shape index (κ1) is 41.7. The summed E-state index contributed by atoms with van der Waals surface area (Å²) in [6, 6.07) is -0.901. The van der Waals surface area contributed by atoms with Crippen LogP contribution >= 0.6 is 7.82 Å². The fourth-order valence-electron chi connectivity index (χ4n) is 4.28. The molecule has 1 amide bonds. The molecule has 0 saturated carbocycles. The Morgan fingerprint density at radius 1 is 0.791 bits per heavy atom. The molecule has 0 fully saturated rings. The Morgan fingerprint density at radius 3 is 1.98 bits per heavy atom. The molecule has 0 aromatic rings. The van der Waals surface area contributed by atoms with E-state index in [1.54, 1.807) is 6.08 Å². The number of phosphoric ester groups is 1. The van der Waals surface area contributed by atoms with Crippen molar-refractivity contribution in [3.8, 4) is 0 Å². The van der Waals surface area contributed by atoms with E-state index in [9.17, 15) is 19.4 Å². The van der Waals surface area contributed by atoms with Crippen molar-refractivity contribution >= 4 is 13.7 Å². The number of rotatable bonds is 29. The van der Waals surface area contributed by atoms with Gasteiger partial charge in [-0.25, -0.2) is 0 Å². The van der Waals surface area contributed by atoms with E-state index in [1.807, 2.05) is 27.2 Å². The number of aliphatic hydroxyl groups excluding tert-OH is 1. The van der Waals surface area contributed by atoms with E-state index in [1.165, 1.54) is 38.5 Å². The molecule has 43 heavy (non-hydrogen) atoms. The van der Waals surface area contributed by atoms with Crippen molar-refractivity contribution in [2.24, 2.45) is 0 Å². The lowest BCUT2D eigenvalue weighted by molar-refractivity contribution is -0.870. The molecule has 9 heteroatoms. The Kier molecular flexibility index (Phi) is 26.3. The second-order valence-corrected chi connectivity index (χ2v) is 13.9. The van der Waals surface area contributed by atoms with E-state index in [0.29, 0.717) is 17.4 Å². The summed E-state index contributed by atoms with van der Waals surface area (Å²) in [5, 5.41) is 13.5. The molecule has 0 radical (unpaired) electrons. The number of carbonyl (C=O) groups is 1. The van der Waals surface area contributed by atoms with E-state index in [4.69, 9.17) is 9.05 Å². The molecule has 0 aromatic carbocycles. The number of unbranched alkanes of at least 4 members (excludes halogenated alkanes) is 12. The van der Waals surface area contributed by atoms with Crippen LogP contribution in [0.2, 0.25) is 0 Å². The minimum absolute atomic E-state index is 0.00921. The summed E-state index contributed by atoms with van der Waals surface area (Å²) in [7, 11) is 1.23. The van der Waals surface area contributed by atoms with Crippen LogP contribution in [0.5, 0.6) is 0 Å². The first-order valence-corrected chi connectivity index (χ1v) is 18.3. The highest BCUT2D eigenvalue weighted by Crippen LogP contribution is 2.38. The molecule has 0 rings (SSSR count). The monoisotopic (exact) mass is 628 g/mol. The maximum absolute atomic E-state index is 12.7. The van der Waals surface area contributed by atoms with Gasteiger partial charge in [0.2, 0.25) is 5.91 Å². The molecule has 252 valence electrons. The van der Waals surface area contributed by atoms with Crippen molar-refractivity contribution in [3.63, 3.8) is 0 Å². The van der Waals surface area contributed by atoms with Gasteiger partial charge in [-0.05, 0) is 51.4 Å². The molecular formula is C34H65N2O6P. The number of hydrogen-bond donors (Lipinski definition) is 2. The standard InChI is InChI=1S/C34H65N2O6P/c1-6-8-10-12-14-15-16-17-18-19-20-22-24-26-28-34(38)35-32(33(37)27-25-23-21-13-11-9-7-2)31-42-43(39,40)41-30-29-36(3,4)5/h11,13,16-17,25,27,32-33,37H,6-10,12,14-15,18-24,26,28-31H2,1-5H3,(H-,35,38,39,40)/b13-11+,17-16-,27-25+. The van der Waals surface area contributed by atoms with Crippen LogP contribution in [0.1, 0.15) is 123 Å². The van der Waals surface area contributed by atoms with E-state index >= 15 is 0 Å². The molecule has 0 aliphatic rings. The van der Waals surface area contributed by atoms with Crippen LogP contribution in [0, 0.1) is 0 Å². The van der Waals surface area contributed by atoms with E-state index in [-0.39, 0.29) is 12.5 Å². The Labute approximate surface area is 264 Å². The third-order valence-electron chi connectivity index (χ3n) is 7.05. The summed E-state index contributed by atoms with van der Waals surface area (Å²) in [6.07, 6.45) is 29.2. The second kappa shape index (κ2) is 27.1. The predicted molar refractivity (Wildman–Crippen MR) is 178 cm³/mol. The number of carbonyl (C=O) groups excluding carboxylic acids is 1. The Hall–Kier alpha value is -1.28. The summed E-state index contributed by atoms with van der Waals surface area (Å²) in [5.41, 5.74) is 0. The Bertz CT molecular complexity index is 809. The Morgan fingerprint density at radius 2 is 1.35 bits per heavy atom. The number of quaternary nitrogens is 1. The van der Waals surface area contributed by atoms with Gasteiger partial charge in [-0.2, -0.15) is 0 Å². The third kappa shape index (κ3) is 29.2. The van der Waals surface area contributed by atoms with Gasteiger partial charge < -0.3 is 28.8 Å². The summed E-state index contributed by atoms with van der Waals surface area (Å²) < 4.78 is 22.9. The van der Waals surface area contributed by atoms with Crippen molar-refractivity contribution in [1.29, 1.82) is 0 Å². The van der Waals surface area contributed by atoms with Crippen LogP contribution < -0.4 is 10.2 Å². The van der Waals surface area contributed by atoms with Gasteiger partial charge in [-0.3, -0.25) is 9.36 Å². The van der Waals surface area contributed by atoms with Crippen LogP contribution in [0.15, 0.2) is 36.5 Å². The lowest BCUT2D eigenvalue weighted by atomic mass is 10.1. The maximum atomic E-state index is 12.7. The second-order valence-electron chi connectivity index (χ2n) is 12.5. The van der Waals surface area contributed by atoms with Crippen LogP contribution in [0.25, 0.3) is 0 Å². The van der Waals surface area contributed by atoms with Crippen molar-refractivity contribution < 1.29 is 32.9 Å². The van der Waals surface area contributed by atoms with Gasteiger partial charge in [-0.15, -0.1) is 0 Å². The number of amides is 1. The summed E-state index contributed by atoms with van der Waals surface area (Å²) in [4.78, 5) is 24.9. The fraction of sp³-hybridized carbons (Fsp3) is 0.794. The molecule has 0 aromatic heterocycles. The minimum Gasteiger partial charge on any atom is -0.756 e. The van der Waals surface area contributed by atoms with E-state index in [0.717, 1.165) is 64.2 Å². The number of likely N-dealkylation sites (N-methyl/N-ethyl adjacent to an activating group) is 1. The summed E-state index contributed by atoms with van der Waals surface area (Å²) in [5.74, 6) is -0.225. The molecule has 0 bridgehead atoms. The largest absolute Gasteiger partial charge is 0.756 e. The molecule has 3 atom stereocenters. The molecule has 0 aliphatic heterocycles. The smallest absolute Gasteiger partial charge is 0.268 e. The quantitative estimate of drug-likeness (QED) is 0.0387. The number of nitrogens with zero attached hydrogens (tertiary/aromatic N) is 1. The molecule has 3 unspecified atom stereocenters. The zero-order valence-electron chi connectivity index (χ0n) is 28.1. The molecule has 0 heterocycles. The summed E-state index contributed by atoms with van der Waals surface area (Å²) in [6.45, 7) is 4.45. The van der Waals surface area contributed by atoms with E-state index < -0.39 is 26.6 Å². The topological polar surface area (TPSA) is 108 Å². The van der Waals surface area contributed by atoms with Crippen LogP contribution in [0.4, 0.5) is 0 Å². The van der Waals surface area contributed by atoms with Gasteiger partial charge in [0, 0.05) is 6.42 Å². The van der Waals surface area contributed by atoms with Crippen molar-refractivity contribution in [3.05, 3.63) is 36.5 Å². The average Bonchev–Trinajstić information content (AvgIpc) is 2.94. The molecule has 0 saturated heterocycles. The minimum atomic E-state index is -4.58. The highest BCUT2D eigenvalue weighted by Gasteiger charge is 2.23. The van der Waals surface area contributed by atoms with Gasteiger partial charge in [-0.1, -0.05) is 102 Å². The normalized spacial score (nSPS) is 15.4. The number of aliphatic hydroxyl groups is 1. The first-order chi connectivity index (χ1) is 20.5. The molecule has 0 aliphatic carbocycles. The average molecular weight is 629 g/mol. The van der Waals surface area contributed by atoms with Crippen LogP contribution in [-0.2, 0) is 18.4 Å². The molecule has 8 nitrogen and oxygen atoms in total. The van der Waals surface area contributed by atoms with Crippen molar-refractivity contribution in [2.75, 3.05) is 40.9 Å². The summed E-state index contributed by atoms with van der Waals surface area (Å²) >= 11 is 0. The van der Waals surface area contributed by atoms with E-state index in [2.05, 4.69) is 43.5 Å².